The number of aryl methyl sites for hydroxylation is 1. The molecular weight excluding hydrogens is 250 g/mol. The third kappa shape index (κ3) is 2.33. The van der Waals surface area contributed by atoms with E-state index in [9.17, 15) is 0 Å². The molecule has 0 spiro atoms. The van der Waals surface area contributed by atoms with Gasteiger partial charge in [0.2, 0.25) is 0 Å². The van der Waals surface area contributed by atoms with E-state index in [2.05, 4.69) is 12.2 Å². The van der Waals surface area contributed by atoms with Gasteiger partial charge in [0.15, 0.2) is 0 Å². The summed E-state index contributed by atoms with van der Waals surface area (Å²) in [5.74, 6) is 4.74. The highest BCUT2D eigenvalue weighted by atomic mass is 32.2. The molecule has 3 nitrogen and oxygen atoms in total. The highest BCUT2D eigenvalue weighted by Gasteiger charge is 2.23. The summed E-state index contributed by atoms with van der Waals surface area (Å²) in [7, 11) is 0. The van der Waals surface area contributed by atoms with Crippen LogP contribution in [0.2, 0.25) is 0 Å². The summed E-state index contributed by atoms with van der Waals surface area (Å²) in [6.45, 7) is 4.06. The molecule has 0 aliphatic carbocycles. The summed E-state index contributed by atoms with van der Waals surface area (Å²) in [6, 6.07) is 0. The number of aromatic nitrogens is 2. The molecule has 1 aromatic heterocycles. The fourth-order valence-electron chi connectivity index (χ4n) is 2.33. The van der Waals surface area contributed by atoms with E-state index in [-0.39, 0.29) is 0 Å². The van der Waals surface area contributed by atoms with Crippen molar-refractivity contribution in [2.24, 2.45) is 0 Å². The standard InChI is InChI=1S/C12H17N3S2/c1-2-9-8-5-13-6-10(8)15-12(14-9)11-7-16-3-4-17-11/h11,13H,2-7H2,1H3. The SMILES string of the molecule is CCc1nc(C2CSCCS2)nc2c1CNC2. The molecule has 2 aliphatic heterocycles. The second-order valence-electron chi connectivity index (χ2n) is 4.35. The lowest BCUT2D eigenvalue weighted by Crippen LogP contribution is -2.13. The third-order valence-electron chi connectivity index (χ3n) is 3.23. The van der Waals surface area contributed by atoms with Gasteiger partial charge >= 0.3 is 0 Å². The van der Waals surface area contributed by atoms with Crippen molar-refractivity contribution in [3.8, 4) is 0 Å². The van der Waals surface area contributed by atoms with Crippen LogP contribution < -0.4 is 5.32 Å². The van der Waals surface area contributed by atoms with Gasteiger partial charge in [-0.1, -0.05) is 6.92 Å². The zero-order valence-electron chi connectivity index (χ0n) is 10.0. The number of nitrogens with one attached hydrogen (secondary N) is 1. The van der Waals surface area contributed by atoms with E-state index in [1.54, 1.807) is 0 Å². The van der Waals surface area contributed by atoms with Crippen LogP contribution in [0.5, 0.6) is 0 Å². The van der Waals surface area contributed by atoms with Gasteiger partial charge in [0, 0.05) is 41.6 Å². The number of nitrogens with zero attached hydrogens (tertiary/aromatic N) is 2. The zero-order valence-corrected chi connectivity index (χ0v) is 11.7. The van der Waals surface area contributed by atoms with Crippen LogP contribution in [0.15, 0.2) is 0 Å². The van der Waals surface area contributed by atoms with Gasteiger partial charge in [-0.25, -0.2) is 9.97 Å². The Morgan fingerprint density at radius 3 is 3.00 bits per heavy atom. The second-order valence-corrected chi connectivity index (χ2v) is 6.81. The van der Waals surface area contributed by atoms with Crippen molar-refractivity contribution in [2.45, 2.75) is 31.7 Å². The van der Waals surface area contributed by atoms with Crippen molar-refractivity contribution in [3.63, 3.8) is 0 Å². The molecule has 0 saturated carbocycles. The Morgan fingerprint density at radius 2 is 2.24 bits per heavy atom. The molecule has 1 N–H and O–H groups in total. The van der Waals surface area contributed by atoms with Gasteiger partial charge < -0.3 is 5.32 Å². The summed E-state index contributed by atoms with van der Waals surface area (Å²) >= 11 is 4.04. The van der Waals surface area contributed by atoms with E-state index in [4.69, 9.17) is 9.97 Å². The maximum Gasteiger partial charge on any atom is 0.142 e. The van der Waals surface area contributed by atoms with Crippen LogP contribution in [-0.4, -0.2) is 27.2 Å². The predicted molar refractivity (Wildman–Crippen MR) is 74.5 cm³/mol. The van der Waals surface area contributed by atoms with Gasteiger partial charge in [0.1, 0.15) is 5.82 Å². The predicted octanol–water partition coefficient (Wildman–Crippen LogP) is 2.16. The van der Waals surface area contributed by atoms with Crippen LogP contribution in [0.3, 0.4) is 0 Å². The Balaban J connectivity index is 1.94. The Bertz CT molecular complexity index is 416. The first-order chi connectivity index (χ1) is 8.38. The summed E-state index contributed by atoms with van der Waals surface area (Å²) in [6.07, 6.45) is 1.02. The first-order valence-electron chi connectivity index (χ1n) is 6.17. The van der Waals surface area contributed by atoms with Gasteiger partial charge in [0.05, 0.1) is 10.9 Å². The molecule has 0 bridgehead atoms. The Morgan fingerprint density at radius 1 is 1.29 bits per heavy atom. The smallest absolute Gasteiger partial charge is 0.142 e. The van der Waals surface area contributed by atoms with E-state index in [0.29, 0.717) is 5.25 Å². The lowest BCUT2D eigenvalue weighted by atomic mass is 10.1. The first kappa shape index (κ1) is 11.8. The maximum atomic E-state index is 4.80. The van der Waals surface area contributed by atoms with Gasteiger partial charge in [-0.3, -0.25) is 0 Å². The van der Waals surface area contributed by atoms with Crippen molar-refractivity contribution in [1.82, 2.24) is 15.3 Å². The number of thioether (sulfide) groups is 2. The fraction of sp³-hybridized carbons (Fsp3) is 0.667. The van der Waals surface area contributed by atoms with Crippen LogP contribution >= 0.6 is 23.5 Å². The van der Waals surface area contributed by atoms with Crippen LogP contribution in [0.4, 0.5) is 0 Å². The molecule has 1 aromatic rings. The molecule has 2 aliphatic rings. The van der Waals surface area contributed by atoms with Crippen LogP contribution in [0.1, 0.15) is 34.9 Å². The summed E-state index contributed by atoms with van der Waals surface area (Å²) in [5.41, 5.74) is 3.85. The highest BCUT2D eigenvalue weighted by Crippen LogP contribution is 2.35. The van der Waals surface area contributed by atoms with Crippen molar-refractivity contribution >= 4 is 23.5 Å². The Hall–Kier alpha value is -0.260. The highest BCUT2D eigenvalue weighted by molar-refractivity contribution is 8.06. The molecule has 1 saturated heterocycles. The quantitative estimate of drug-likeness (QED) is 0.889. The van der Waals surface area contributed by atoms with Crippen LogP contribution in [0, 0.1) is 0 Å². The van der Waals surface area contributed by atoms with Crippen molar-refractivity contribution in [1.29, 1.82) is 0 Å². The van der Waals surface area contributed by atoms with Crippen LogP contribution in [-0.2, 0) is 19.5 Å². The molecular formula is C12H17N3S2. The normalized spacial score (nSPS) is 23.7. The first-order valence-corrected chi connectivity index (χ1v) is 8.37. The van der Waals surface area contributed by atoms with Gasteiger partial charge in [-0.15, -0.1) is 11.8 Å². The lowest BCUT2D eigenvalue weighted by molar-refractivity contribution is 0.754. The largest absolute Gasteiger partial charge is 0.307 e. The molecule has 3 rings (SSSR count). The van der Waals surface area contributed by atoms with E-state index in [0.717, 1.165) is 25.3 Å². The van der Waals surface area contributed by atoms with Crippen LogP contribution in [0.25, 0.3) is 0 Å². The minimum atomic E-state index is 0.505. The molecule has 92 valence electrons. The summed E-state index contributed by atoms with van der Waals surface area (Å²) in [4.78, 5) is 9.58. The second kappa shape index (κ2) is 5.16. The minimum absolute atomic E-state index is 0.505. The summed E-state index contributed by atoms with van der Waals surface area (Å²) in [5, 5.41) is 3.88. The third-order valence-corrected chi connectivity index (χ3v) is 5.98. The number of fused-ring (bicyclic) bond motifs is 1. The van der Waals surface area contributed by atoms with E-state index >= 15 is 0 Å². The minimum Gasteiger partial charge on any atom is -0.307 e. The molecule has 0 radical (unpaired) electrons. The van der Waals surface area contributed by atoms with Gasteiger partial charge in [-0.05, 0) is 6.42 Å². The summed E-state index contributed by atoms with van der Waals surface area (Å²) < 4.78 is 0. The molecule has 3 heterocycles. The zero-order chi connectivity index (χ0) is 11.7. The Labute approximate surface area is 111 Å². The molecule has 0 aromatic carbocycles. The molecule has 1 atom stereocenters. The van der Waals surface area contributed by atoms with Gasteiger partial charge in [-0.2, -0.15) is 11.8 Å². The Kier molecular flexibility index (Phi) is 3.59. The molecule has 5 heteroatoms. The van der Waals surface area contributed by atoms with Crippen molar-refractivity contribution in [3.05, 3.63) is 22.8 Å². The molecule has 1 fully saturated rings. The molecule has 1 unspecified atom stereocenters. The topological polar surface area (TPSA) is 37.8 Å². The van der Waals surface area contributed by atoms with E-state index in [1.165, 1.54) is 34.2 Å². The van der Waals surface area contributed by atoms with Crippen molar-refractivity contribution in [2.75, 3.05) is 17.3 Å². The number of hydrogen-bond donors (Lipinski definition) is 1. The number of hydrogen-bond acceptors (Lipinski definition) is 5. The lowest BCUT2D eigenvalue weighted by Gasteiger charge is -2.20. The number of rotatable bonds is 2. The monoisotopic (exact) mass is 267 g/mol. The van der Waals surface area contributed by atoms with E-state index < -0.39 is 0 Å². The van der Waals surface area contributed by atoms with E-state index in [1.807, 2.05) is 23.5 Å². The molecule has 0 amide bonds. The average Bonchev–Trinajstić information content (AvgIpc) is 2.86. The average molecular weight is 267 g/mol. The fourth-order valence-corrected chi connectivity index (χ4v) is 4.93. The maximum absolute atomic E-state index is 4.80. The molecule has 17 heavy (non-hydrogen) atoms. The van der Waals surface area contributed by atoms with Gasteiger partial charge in [0.25, 0.3) is 0 Å². The van der Waals surface area contributed by atoms with Crippen molar-refractivity contribution < 1.29 is 0 Å².